The van der Waals surface area contributed by atoms with Crippen molar-refractivity contribution in [3.63, 3.8) is 0 Å². The number of nitrogens with zero attached hydrogens (tertiary/aromatic N) is 1. The monoisotopic (exact) mass is 498 g/mol. The number of thiophene rings is 1. The van der Waals surface area contributed by atoms with Crippen LogP contribution in [0.4, 0.5) is 0 Å². The Balaban J connectivity index is 1.36. The number of aryl methyl sites for hydroxylation is 1. The first kappa shape index (κ1) is 23.8. The van der Waals surface area contributed by atoms with Crippen LogP contribution in [0.3, 0.4) is 0 Å². The third-order valence-corrected chi connectivity index (χ3v) is 7.22. The van der Waals surface area contributed by atoms with Crippen LogP contribution in [0, 0.1) is 13.8 Å². The molecule has 3 aromatic heterocycles. The number of ketones is 1. The zero-order valence-corrected chi connectivity index (χ0v) is 20.5. The number of halogens is 1. The van der Waals surface area contributed by atoms with Crippen molar-refractivity contribution in [1.82, 2.24) is 9.88 Å². The van der Waals surface area contributed by atoms with Gasteiger partial charge in [-0.3, -0.25) is 14.4 Å². The maximum atomic E-state index is 13.0. The van der Waals surface area contributed by atoms with E-state index in [0.717, 1.165) is 27.2 Å². The van der Waals surface area contributed by atoms with Crippen molar-refractivity contribution in [2.75, 3.05) is 6.54 Å². The molecule has 4 aromatic rings. The predicted molar refractivity (Wildman–Crippen MR) is 131 cm³/mol. The Hall–Kier alpha value is -3.36. The molecular formula is C25H23ClN2O5S. The minimum absolute atomic E-state index is 0.314. The number of carbonyl (C=O) groups excluding carboxylic acids is 3. The molecule has 0 saturated carbocycles. The smallest absolute Gasteiger partial charge is 0.326 e. The summed E-state index contributed by atoms with van der Waals surface area (Å²) in [6.07, 6.45) is 0.597. The van der Waals surface area contributed by atoms with E-state index in [-0.39, 0.29) is 12.3 Å². The molecule has 9 heteroatoms. The first-order valence-corrected chi connectivity index (χ1v) is 11.8. The molecule has 0 fully saturated rings. The van der Waals surface area contributed by atoms with E-state index in [1.165, 1.54) is 18.3 Å². The van der Waals surface area contributed by atoms with Crippen LogP contribution in [-0.2, 0) is 16.1 Å². The summed E-state index contributed by atoms with van der Waals surface area (Å²) in [4.78, 5) is 38.1. The van der Waals surface area contributed by atoms with Gasteiger partial charge < -0.3 is 19.0 Å². The minimum atomic E-state index is -1.00. The molecule has 0 unspecified atom stereocenters. The maximum absolute atomic E-state index is 13.0. The van der Waals surface area contributed by atoms with Crippen molar-refractivity contribution in [3.8, 4) is 0 Å². The van der Waals surface area contributed by atoms with Crippen LogP contribution in [0.15, 0.2) is 53.1 Å². The van der Waals surface area contributed by atoms with Crippen LogP contribution >= 0.6 is 22.9 Å². The molecule has 176 valence electrons. The van der Waals surface area contributed by atoms with Crippen molar-refractivity contribution in [2.45, 2.75) is 33.4 Å². The SMILES string of the molecule is Cc1cc(C(=O)[C@H](C)OC(=O)CNC(=O)c2sc3ccccc3c2Cl)c(C)n1Cc1ccco1. The summed E-state index contributed by atoms with van der Waals surface area (Å²) in [5.41, 5.74) is 2.13. The first-order chi connectivity index (χ1) is 16.3. The van der Waals surface area contributed by atoms with E-state index in [0.29, 0.717) is 22.0 Å². The number of nitrogens with one attached hydrogen (secondary N) is 1. The van der Waals surface area contributed by atoms with Gasteiger partial charge in [-0.25, -0.2) is 0 Å². The molecule has 3 heterocycles. The van der Waals surface area contributed by atoms with E-state index >= 15 is 0 Å². The van der Waals surface area contributed by atoms with Gasteiger partial charge in [-0.15, -0.1) is 11.3 Å². The van der Waals surface area contributed by atoms with Crippen LogP contribution in [0.2, 0.25) is 5.02 Å². The zero-order valence-electron chi connectivity index (χ0n) is 18.9. The number of carbonyl (C=O) groups is 3. The van der Waals surface area contributed by atoms with E-state index in [1.807, 2.05) is 54.8 Å². The molecule has 7 nitrogen and oxygen atoms in total. The van der Waals surface area contributed by atoms with Crippen molar-refractivity contribution >= 4 is 50.7 Å². The number of esters is 1. The van der Waals surface area contributed by atoms with Gasteiger partial charge in [0.15, 0.2) is 6.10 Å². The lowest BCUT2D eigenvalue weighted by Gasteiger charge is -2.13. The van der Waals surface area contributed by atoms with Crippen LogP contribution in [0.1, 0.15) is 44.1 Å². The lowest BCUT2D eigenvalue weighted by Crippen LogP contribution is -2.34. The standard InChI is InChI=1S/C25H23ClN2O5S/c1-14-11-19(15(2)28(14)13-17-7-6-10-32-17)23(30)16(3)33-21(29)12-27-25(31)24-22(26)18-8-4-5-9-20(18)34-24/h4-11,16H,12-13H2,1-3H3,(H,27,31)/t16-/m0/s1. The average molecular weight is 499 g/mol. The van der Waals surface area contributed by atoms with Crippen molar-refractivity contribution in [2.24, 2.45) is 0 Å². The summed E-state index contributed by atoms with van der Waals surface area (Å²) >= 11 is 7.56. The number of amides is 1. The van der Waals surface area contributed by atoms with Crippen molar-refractivity contribution in [1.29, 1.82) is 0 Å². The molecule has 4 rings (SSSR count). The summed E-state index contributed by atoms with van der Waals surface area (Å²) < 4.78 is 13.5. The number of hydrogen-bond donors (Lipinski definition) is 1. The second kappa shape index (κ2) is 9.87. The van der Waals surface area contributed by atoms with Gasteiger partial charge in [-0.1, -0.05) is 29.8 Å². The van der Waals surface area contributed by atoms with E-state index < -0.39 is 18.0 Å². The molecule has 0 aliphatic rings. The summed E-state index contributed by atoms with van der Waals surface area (Å²) in [6.45, 7) is 5.38. The maximum Gasteiger partial charge on any atom is 0.326 e. The van der Waals surface area contributed by atoms with E-state index in [1.54, 1.807) is 12.3 Å². The fourth-order valence-corrected chi connectivity index (χ4v) is 5.19. The summed E-state index contributed by atoms with van der Waals surface area (Å²) in [5.74, 6) is -0.722. The molecule has 0 spiro atoms. The lowest BCUT2D eigenvalue weighted by molar-refractivity contribution is -0.145. The highest BCUT2D eigenvalue weighted by atomic mass is 35.5. The van der Waals surface area contributed by atoms with Gasteiger partial charge in [0, 0.05) is 27.0 Å². The molecule has 0 aliphatic heterocycles. The number of aromatic nitrogens is 1. The van der Waals surface area contributed by atoms with Gasteiger partial charge in [0.05, 0.1) is 17.8 Å². The van der Waals surface area contributed by atoms with E-state index in [2.05, 4.69) is 5.32 Å². The number of Topliss-reactive ketones (excluding diaryl/α,β-unsaturated/α-hetero) is 1. The van der Waals surface area contributed by atoms with Gasteiger partial charge in [0.2, 0.25) is 5.78 Å². The number of furan rings is 1. The van der Waals surface area contributed by atoms with Crippen LogP contribution in [0.25, 0.3) is 10.1 Å². The third kappa shape index (κ3) is 4.78. The molecule has 0 radical (unpaired) electrons. The molecular weight excluding hydrogens is 476 g/mol. The predicted octanol–water partition coefficient (Wildman–Crippen LogP) is 5.16. The largest absolute Gasteiger partial charge is 0.467 e. The Morgan fingerprint density at radius 3 is 2.65 bits per heavy atom. The normalized spacial score (nSPS) is 12.0. The number of hydrogen-bond acceptors (Lipinski definition) is 6. The molecule has 1 atom stereocenters. The van der Waals surface area contributed by atoms with Gasteiger partial charge >= 0.3 is 5.97 Å². The highest BCUT2D eigenvalue weighted by molar-refractivity contribution is 7.21. The Labute approximate surface area is 205 Å². The van der Waals surface area contributed by atoms with Crippen LogP contribution in [-0.4, -0.2) is 34.9 Å². The molecule has 1 N–H and O–H groups in total. The van der Waals surface area contributed by atoms with Crippen LogP contribution in [0.5, 0.6) is 0 Å². The Bertz CT molecular complexity index is 1370. The molecule has 34 heavy (non-hydrogen) atoms. The average Bonchev–Trinajstić information content (AvgIpc) is 3.52. The van der Waals surface area contributed by atoms with Crippen molar-refractivity contribution in [3.05, 3.63) is 81.3 Å². The molecule has 1 amide bonds. The molecule has 0 aliphatic carbocycles. The fourth-order valence-electron chi connectivity index (χ4n) is 3.76. The Morgan fingerprint density at radius 2 is 1.94 bits per heavy atom. The number of benzene rings is 1. The van der Waals surface area contributed by atoms with Crippen molar-refractivity contribution < 1.29 is 23.5 Å². The van der Waals surface area contributed by atoms with E-state index in [9.17, 15) is 14.4 Å². The first-order valence-electron chi connectivity index (χ1n) is 10.6. The quantitative estimate of drug-likeness (QED) is 0.268. The highest BCUT2D eigenvalue weighted by Gasteiger charge is 2.25. The fraction of sp³-hybridized carbons (Fsp3) is 0.240. The highest BCUT2D eigenvalue weighted by Crippen LogP contribution is 2.34. The van der Waals surface area contributed by atoms with Gasteiger partial charge in [0.25, 0.3) is 5.91 Å². The minimum Gasteiger partial charge on any atom is -0.467 e. The Kier molecular flexibility index (Phi) is 6.90. The zero-order chi connectivity index (χ0) is 24.4. The van der Waals surface area contributed by atoms with E-state index in [4.69, 9.17) is 20.8 Å². The van der Waals surface area contributed by atoms with Crippen LogP contribution < -0.4 is 5.32 Å². The summed E-state index contributed by atoms with van der Waals surface area (Å²) in [5, 5.41) is 3.65. The topological polar surface area (TPSA) is 90.5 Å². The van der Waals surface area contributed by atoms with Gasteiger partial charge in [-0.05, 0) is 45.0 Å². The number of rotatable bonds is 8. The van der Waals surface area contributed by atoms with Gasteiger partial charge in [0.1, 0.15) is 17.2 Å². The second-order valence-corrected chi connectivity index (χ2v) is 9.30. The number of ether oxygens (including phenoxy) is 1. The molecule has 0 bridgehead atoms. The lowest BCUT2D eigenvalue weighted by atomic mass is 10.1. The van der Waals surface area contributed by atoms with Gasteiger partial charge in [-0.2, -0.15) is 0 Å². The third-order valence-electron chi connectivity index (χ3n) is 5.55. The Morgan fingerprint density at radius 1 is 1.18 bits per heavy atom. The molecule has 1 aromatic carbocycles. The summed E-state index contributed by atoms with van der Waals surface area (Å²) in [6, 6.07) is 12.9. The second-order valence-electron chi connectivity index (χ2n) is 7.87. The summed E-state index contributed by atoms with van der Waals surface area (Å²) in [7, 11) is 0. The molecule has 0 saturated heterocycles. The number of fused-ring (bicyclic) bond motifs is 1.